The van der Waals surface area contributed by atoms with Crippen molar-refractivity contribution in [1.29, 1.82) is 0 Å². The lowest BCUT2D eigenvalue weighted by atomic mass is 10.0. The molecule has 0 radical (unpaired) electrons. The van der Waals surface area contributed by atoms with Gasteiger partial charge in [0.15, 0.2) is 8.32 Å². The third-order valence-corrected chi connectivity index (χ3v) is 8.54. The molecule has 2 nitrogen and oxygen atoms in total. The molecule has 0 amide bonds. The molecule has 0 aromatic heterocycles. The molecule has 3 heteroatoms. The highest BCUT2D eigenvalue weighted by Gasteiger charge is 2.38. The minimum absolute atomic E-state index is 0.200. The third kappa shape index (κ3) is 4.57. The van der Waals surface area contributed by atoms with Gasteiger partial charge >= 0.3 is 0 Å². The standard InChI is InChI=1S/C14H28O2Si/c1-14(2,3)17(4,5)16-13-9-7-6-8-12(15)10-11-13/h10-13,15H,6-9H2,1-5H3/b11-10-. The summed E-state index contributed by atoms with van der Waals surface area (Å²) in [5, 5.41) is 9.91. The van der Waals surface area contributed by atoms with E-state index in [4.69, 9.17) is 4.43 Å². The lowest BCUT2D eigenvalue weighted by Crippen LogP contribution is -2.43. The normalized spacial score (nSPS) is 29.5. The molecule has 0 fully saturated rings. The lowest BCUT2D eigenvalue weighted by molar-refractivity contribution is 0.178. The van der Waals surface area contributed by atoms with Crippen molar-refractivity contribution in [2.24, 2.45) is 0 Å². The van der Waals surface area contributed by atoms with Crippen LogP contribution in [0.2, 0.25) is 18.1 Å². The Morgan fingerprint density at radius 3 is 2.29 bits per heavy atom. The van der Waals surface area contributed by atoms with Crippen LogP contribution in [-0.2, 0) is 4.43 Å². The Balaban J connectivity index is 2.66. The molecular weight excluding hydrogens is 228 g/mol. The SMILES string of the molecule is CC(C)(C)[Si](C)(C)OC1/C=C\C(O)CCCC1. The highest BCUT2D eigenvalue weighted by Crippen LogP contribution is 2.38. The van der Waals surface area contributed by atoms with Crippen LogP contribution in [0.5, 0.6) is 0 Å². The minimum atomic E-state index is -1.69. The molecule has 100 valence electrons. The van der Waals surface area contributed by atoms with E-state index in [2.05, 4.69) is 39.9 Å². The van der Waals surface area contributed by atoms with Crippen molar-refractivity contribution in [3.05, 3.63) is 12.2 Å². The number of aliphatic hydroxyl groups is 1. The van der Waals surface area contributed by atoms with Gasteiger partial charge in [0.05, 0.1) is 12.2 Å². The molecule has 17 heavy (non-hydrogen) atoms. The minimum Gasteiger partial charge on any atom is -0.411 e. The van der Waals surface area contributed by atoms with Crippen molar-refractivity contribution in [3.8, 4) is 0 Å². The molecule has 0 aliphatic heterocycles. The summed E-state index contributed by atoms with van der Waals surface area (Å²) >= 11 is 0. The summed E-state index contributed by atoms with van der Waals surface area (Å²) in [5.74, 6) is 0. The Morgan fingerprint density at radius 2 is 1.71 bits per heavy atom. The van der Waals surface area contributed by atoms with E-state index in [1.165, 1.54) is 0 Å². The topological polar surface area (TPSA) is 29.5 Å². The van der Waals surface area contributed by atoms with E-state index in [0.717, 1.165) is 25.7 Å². The van der Waals surface area contributed by atoms with Crippen molar-refractivity contribution in [2.75, 3.05) is 0 Å². The summed E-state index contributed by atoms with van der Waals surface area (Å²) in [6.07, 6.45) is 8.15. The van der Waals surface area contributed by atoms with Crippen LogP contribution in [0.15, 0.2) is 12.2 Å². The van der Waals surface area contributed by atoms with Crippen molar-refractivity contribution in [1.82, 2.24) is 0 Å². The van der Waals surface area contributed by atoms with Crippen LogP contribution in [-0.4, -0.2) is 25.6 Å². The van der Waals surface area contributed by atoms with E-state index >= 15 is 0 Å². The fraction of sp³-hybridized carbons (Fsp3) is 0.857. The molecule has 0 aromatic rings. The molecule has 0 saturated carbocycles. The Bertz CT molecular complexity index is 266. The van der Waals surface area contributed by atoms with Gasteiger partial charge in [-0.1, -0.05) is 45.8 Å². The Morgan fingerprint density at radius 1 is 1.12 bits per heavy atom. The zero-order valence-corrected chi connectivity index (χ0v) is 13.0. The predicted octanol–water partition coefficient (Wildman–Crippen LogP) is 3.87. The monoisotopic (exact) mass is 256 g/mol. The molecule has 1 aliphatic rings. The molecule has 0 heterocycles. The van der Waals surface area contributed by atoms with E-state index in [1.807, 2.05) is 6.08 Å². The fourth-order valence-electron chi connectivity index (χ4n) is 1.80. The van der Waals surface area contributed by atoms with Crippen LogP contribution in [0.4, 0.5) is 0 Å². The molecule has 0 aromatic carbocycles. The summed E-state index contributed by atoms with van der Waals surface area (Å²) in [4.78, 5) is 0. The smallest absolute Gasteiger partial charge is 0.192 e. The maximum atomic E-state index is 9.66. The zero-order chi connectivity index (χ0) is 13.1. The molecule has 0 saturated heterocycles. The molecule has 2 atom stereocenters. The van der Waals surface area contributed by atoms with E-state index in [9.17, 15) is 5.11 Å². The first kappa shape index (κ1) is 14.9. The molecule has 1 N–H and O–H groups in total. The van der Waals surface area contributed by atoms with Gasteiger partial charge in [0.25, 0.3) is 0 Å². The van der Waals surface area contributed by atoms with Gasteiger partial charge in [-0.2, -0.15) is 0 Å². The maximum absolute atomic E-state index is 9.66. The fourth-order valence-corrected chi connectivity index (χ4v) is 3.10. The maximum Gasteiger partial charge on any atom is 0.192 e. The van der Waals surface area contributed by atoms with Gasteiger partial charge in [-0.25, -0.2) is 0 Å². The quantitative estimate of drug-likeness (QED) is 0.600. The highest BCUT2D eigenvalue weighted by atomic mass is 28.4. The van der Waals surface area contributed by atoms with Gasteiger partial charge in [0, 0.05) is 0 Å². The van der Waals surface area contributed by atoms with Crippen LogP contribution in [0.3, 0.4) is 0 Å². The Kier molecular flexibility index (Phi) is 4.99. The summed E-state index contributed by atoms with van der Waals surface area (Å²) < 4.78 is 6.37. The first-order valence-corrected chi connectivity index (χ1v) is 9.67. The third-order valence-electron chi connectivity index (χ3n) is 4.04. The van der Waals surface area contributed by atoms with E-state index < -0.39 is 8.32 Å². The highest BCUT2D eigenvalue weighted by molar-refractivity contribution is 6.74. The number of hydrogen-bond acceptors (Lipinski definition) is 2. The Labute approximate surface area is 107 Å². The second kappa shape index (κ2) is 5.68. The van der Waals surface area contributed by atoms with E-state index in [-0.39, 0.29) is 17.2 Å². The summed E-state index contributed by atoms with van der Waals surface area (Å²) in [5.41, 5.74) is 0. The van der Waals surface area contributed by atoms with E-state index in [1.54, 1.807) is 0 Å². The molecule has 0 spiro atoms. The largest absolute Gasteiger partial charge is 0.411 e. The van der Waals surface area contributed by atoms with Gasteiger partial charge in [-0.15, -0.1) is 0 Å². The van der Waals surface area contributed by atoms with Crippen LogP contribution in [0.1, 0.15) is 46.5 Å². The van der Waals surface area contributed by atoms with Crippen LogP contribution in [0.25, 0.3) is 0 Å². The number of hydrogen-bond donors (Lipinski definition) is 1. The molecular formula is C14H28O2Si. The van der Waals surface area contributed by atoms with Gasteiger partial charge in [0.1, 0.15) is 0 Å². The lowest BCUT2D eigenvalue weighted by Gasteiger charge is -2.39. The van der Waals surface area contributed by atoms with Gasteiger partial charge in [-0.3, -0.25) is 0 Å². The molecule has 2 unspecified atom stereocenters. The predicted molar refractivity (Wildman–Crippen MR) is 75.7 cm³/mol. The van der Waals surface area contributed by atoms with Crippen molar-refractivity contribution in [2.45, 2.75) is 76.8 Å². The van der Waals surface area contributed by atoms with Crippen LogP contribution in [0, 0.1) is 0 Å². The average Bonchev–Trinajstić information content (AvgIpc) is 2.15. The number of rotatable bonds is 2. The molecule has 0 bridgehead atoms. The van der Waals surface area contributed by atoms with Crippen LogP contribution < -0.4 is 0 Å². The summed E-state index contributed by atoms with van der Waals surface area (Å²) in [6, 6.07) is 0. The van der Waals surface area contributed by atoms with E-state index in [0.29, 0.717) is 0 Å². The average molecular weight is 256 g/mol. The molecule has 1 aliphatic carbocycles. The van der Waals surface area contributed by atoms with Crippen molar-refractivity contribution in [3.63, 3.8) is 0 Å². The van der Waals surface area contributed by atoms with Gasteiger partial charge in [-0.05, 0) is 31.0 Å². The first-order valence-electron chi connectivity index (χ1n) is 6.76. The second-order valence-electron chi connectivity index (χ2n) is 6.65. The Hall–Kier alpha value is -0.123. The van der Waals surface area contributed by atoms with Gasteiger partial charge < -0.3 is 9.53 Å². The summed E-state index contributed by atoms with van der Waals surface area (Å²) in [7, 11) is -1.69. The van der Waals surface area contributed by atoms with Crippen molar-refractivity contribution >= 4 is 8.32 Å². The second-order valence-corrected chi connectivity index (χ2v) is 11.4. The first-order chi connectivity index (χ1) is 7.72. The van der Waals surface area contributed by atoms with Crippen molar-refractivity contribution < 1.29 is 9.53 Å². The molecule has 1 rings (SSSR count). The zero-order valence-electron chi connectivity index (χ0n) is 12.0. The van der Waals surface area contributed by atoms with Gasteiger partial charge in [0.2, 0.25) is 0 Å². The number of aliphatic hydroxyl groups excluding tert-OH is 1. The van der Waals surface area contributed by atoms with Crippen LogP contribution >= 0.6 is 0 Å². The summed E-state index contributed by atoms with van der Waals surface area (Å²) in [6.45, 7) is 11.4.